The molecule has 3 rings (SSSR count). The second-order valence-electron chi connectivity index (χ2n) is 5.68. The van der Waals surface area contributed by atoms with Crippen molar-refractivity contribution in [3.05, 3.63) is 53.1 Å². The summed E-state index contributed by atoms with van der Waals surface area (Å²) in [5, 5.41) is 18.1. The fourth-order valence-corrected chi connectivity index (χ4v) is 3.38. The normalized spacial score (nSPS) is 13.0. The second kappa shape index (κ2) is 5.88. The number of nitriles is 2. The Morgan fingerprint density at radius 2 is 1.83 bits per heavy atom. The van der Waals surface area contributed by atoms with Crippen LogP contribution in [-0.2, 0) is 23.1 Å². The third-order valence-electron chi connectivity index (χ3n) is 3.82. The molecule has 1 aliphatic rings. The van der Waals surface area contributed by atoms with Crippen molar-refractivity contribution in [1.29, 1.82) is 10.5 Å². The molecule has 1 aliphatic heterocycles. The summed E-state index contributed by atoms with van der Waals surface area (Å²) < 4.78 is 25.6. The smallest absolute Gasteiger partial charge is 0.229 e. The number of nitrogens with one attached hydrogen (secondary N) is 1. The molecule has 0 saturated carbocycles. The molecule has 0 unspecified atom stereocenters. The van der Waals surface area contributed by atoms with Crippen molar-refractivity contribution in [1.82, 2.24) is 4.90 Å². The molecule has 0 saturated heterocycles. The van der Waals surface area contributed by atoms with Gasteiger partial charge in [-0.15, -0.1) is 0 Å². The Morgan fingerprint density at radius 1 is 1.12 bits per heavy atom. The molecule has 1 heterocycles. The monoisotopic (exact) mass is 338 g/mol. The van der Waals surface area contributed by atoms with E-state index >= 15 is 0 Å². The van der Waals surface area contributed by atoms with Gasteiger partial charge in [-0.05, 0) is 46.5 Å². The lowest BCUT2D eigenvalue weighted by molar-refractivity contribution is 0.417. The van der Waals surface area contributed by atoms with Gasteiger partial charge < -0.3 is 4.90 Å². The average Bonchev–Trinajstić information content (AvgIpc) is 2.95. The number of benzene rings is 2. The van der Waals surface area contributed by atoms with Crippen molar-refractivity contribution in [3.63, 3.8) is 0 Å². The summed E-state index contributed by atoms with van der Waals surface area (Å²) in [6.45, 7) is 0.939. The van der Waals surface area contributed by atoms with Gasteiger partial charge in [0.1, 0.15) is 0 Å². The third-order valence-corrected chi connectivity index (χ3v) is 4.43. The van der Waals surface area contributed by atoms with Crippen LogP contribution in [0, 0.1) is 22.8 Å². The molecule has 2 aromatic carbocycles. The first-order valence-corrected chi connectivity index (χ1v) is 9.07. The Balaban J connectivity index is 2.13. The molecular formula is C17H14N4O2S. The maximum Gasteiger partial charge on any atom is 0.229 e. The van der Waals surface area contributed by atoms with Crippen molar-refractivity contribution < 1.29 is 8.42 Å². The highest BCUT2D eigenvalue weighted by molar-refractivity contribution is 7.92. The number of hydrogen-bond acceptors (Lipinski definition) is 5. The molecule has 0 fully saturated rings. The summed E-state index contributed by atoms with van der Waals surface area (Å²) in [6, 6.07) is 12.7. The minimum atomic E-state index is -3.39. The molecule has 24 heavy (non-hydrogen) atoms. The van der Waals surface area contributed by atoms with Gasteiger partial charge in [-0.3, -0.25) is 4.72 Å². The molecule has 120 valence electrons. The molecule has 0 spiro atoms. The van der Waals surface area contributed by atoms with E-state index in [2.05, 4.69) is 17.0 Å². The van der Waals surface area contributed by atoms with Gasteiger partial charge in [0.15, 0.2) is 6.19 Å². The number of sulfonamides is 1. The van der Waals surface area contributed by atoms with Gasteiger partial charge in [0.2, 0.25) is 10.0 Å². The SMILES string of the molecule is CS(=O)(=O)Nc1cc2c(c(-c3ccc(C#N)cc3)c1)CN(C#N)C2. The maximum absolute atomic E-state index is 11.5. The quantitative estimate of drug-likeness (QED) is 0.867. The van der Waals surface area contributed by atoms with Crippen molar-refractivity contribution in [2.45, 2.75) is 13.1 Å². The largest absolute Gasteiger partial charge is 0.302 e. The van der Waals surface area contributed by atoms with E-state index in [0.717, 1.165) is 28.5 Å². The van der Waals surface area contributed by atoms with Gasteiger partial charge in [0, 0.05) is 5.69 Å². The van der Waals surface area contributed by atoms with Crippen LogP contribution in [0.3, 0.4) is 0 Å². The van der Waals surface area contributed by atoms with Gasteiger partial charge in [0.25, 0.3) is 0 Å². The van der Waals surface area contributed by atoms with Crippen LogP contribution in [0.4, 0.5) is 5.69 Å². The van der Waals surface area contributed by atoms with E-state index in [4.69, 9.17) is 10.5 Å². The first-order valence-electron chi connectivity index (χ1n) is 7.18. The highest BCUT2D eigenvalue weighted by Gasteiger charge is 2.23. The first kappa shape index (κ1) is 15.9. The van der Waals surface area contributed by atoms with E-state index in [1.54, 1.807) is 29.2 Å². The van der Waals surface area contributed by atoms with Crippen LogP contribution >= 0.6 is 0 Å². The zero-order valence-corrected chi connectivity index (χ0v) is 13.8. The van der Waals surface area contributed by atoms with E-state index in [0.29, 0.717) is 24.3 Å². The predicted octanol–water partition coefficient (Wildman–Crippen LogP) is 2.39. The number of hydrogen-bond donors (Lipinski definition) is 1. The van der Waals surface area contributed by atoms with Crippen LogP contribution in [0.2, 0.25) is 0 Å². The lowest BCUT2D eigenvalue weighted by atomic mass is 9.95. The van der Waals surface area contributed by atoms with Gasteiger partial charge >= 0.3 is 0 Å². The molecule has 0 aromatic heterocycles. The average molecular weight is 338 g/mol. The van der Waals surface area contributed by atoms with E-state index in [1.165, 1.54) is 0 Å². The number of nitrogens with zero attached hydrogens (tertiary/aromatic N) is 3. The molecular weight excluding hydrogens is 324 g/mol. The van der Waals surface area contributed by atoms with Gasteiger partial charge in [-0.25, -0.2) is 8.42 Å². The predicted molar refractivity (Wildman–Crippen MR) is 89.9 cm³/mol. The molecule has 0 amide bonds. The summed E-state index contributed by atoms with van der Waals surface area (Å²) in [7, 11) is -3.39. The summed E-state index contributed by atoms with van der Waals surface area (Å²) >= 11 is 0. The number of anilines is 1. The third kappa shape index (κ3) is 3.17. The Labute approximate surface area is 140 Å². The topological polar surface area (TPSA) is 97.0 Å². The molecule has 0 bridgehead atoms. The maximum atomic E-state index is 11.5. The van der Waals surface area contributed by atoms with Crippen molar-refractivity contribution >= 4 is 15.7 Å². The molecule has 1 N–H and O–H groups in total. The Morgan fingerprint density at radius 3 is 2.42 bits per heavy atom. The Hall–Kier alpha value is -3.03. The standard InChI is InChI=1S/C17H14N4O2S/c1-24(22,23)20-15-6-14-9-21(11-19)10-17(14)16(7-15)13-4-2-12(8-18)3-5-13/h2-7,20H,9-10H2,1H3. The fraction of sp³-hybridized carbons (Fsp3) is 0.176. The molecule has 6 nitrogen and oxygen atoms in total. The lowest BCUT2D eigenvalue weighted by Crippen LogP contribution is -2.10. The highest BCUT2D eigenvalue weighted by Crippen LogP contribution is 2.35. The fourth-order valence-electron chi connectivity index (χ4n) is 2.84. The molecule has 0 radical (unpaired) electrons. The van der Waals surface area contributed by atoms with Gasteiger partial charge in [0.05, 0.1) is 31.0 Å². The lowest BCUT2D eigenvalue weighted by Gasteiger charge is -2.12. The summed E-state index contributed by atoms with van der Waals surface area (Å²) in [6.07, 6.45) is 3.23. The Kier molecular flexibility index (Phi) is 3.88. The van der Waals surface area contributed by atoms with E-state index in [9.17, 15) is 8.42 Å². The van der Waals surface area contributed by atoms with Crippen LogP contribution in [0.1, 0.15) is 16.7 Å². The van der Waals surface area contributed by atoms with E-state index in [-0.39, 0.29) is 0 Å². The van der Waals surface area contributed by atoms with E-state index < -0.39 is 10.0 Å². The minimum Gasteiger partial charge on any atom is -0.302 e. The van der Waals surface area contributed by atoms with Crippen LogP contribution in [0.5, 0.6) is 0 Å². The van der Waals surface area contributed by atoms with Crippen LogP contribution in [0.25, 0.3) is 11.1 Å². The van der Waals surface area contributed by atoms with E-state index in [1.807, 2.05) is 12.1 Å². The van der Waals surface area contributed by atoms with Crippen molar-refractivity contribution in [2.24, 2.45) is 0 Å². The van der Waals surface area contributed by atoms with Gasteiger partial charge in [-0.2, -0.15) is 10.5 Å². The van der Waals surface area contributed by atoms with Gasteiger partial charge in [-0.1, -0.05) is 12.1 Å². The zero-order valence-electron chi connectivity index (χ0n) is 12.9. The summed E-state index contributed by atoms with van der Waals surface area (Å²) in [4.78, 5) is 1.61. The van der Waals surface area contributed by atoms with Crippen LogP contribution < -0.4 is 4.72 Å². The Bertz CT molecular complexity index is 983. The molecule has 2 aromatic rings. The summed E-state index contributed by atoms with van der Waals surface area (Å²) in [5.74, 6) is 0. The molecule has 7 heteroatoms. The van der Waals surface area contributed by atoms with Crippen molar-refractivity contribution in [3.8, 4) is 23.4 Å². The van der Waals surface area contributed by atoms with Crippen molar-refractivity contribution in [2.75, 3.05) is 11.0 Å². The zero-order chi connectivity index (χ0) is 17.3. The number of rotatable bonds is 3. The number of fused-ring (bicyclic) bond motifs is 1. The van der Waals surface area contributed by atoms with Crippen LogP contribution in [-0.4, -0.2) is 19.6 Å². The first-order chi connectivity index (χ1) is 11.4. The molecule has 0 aliphatic carbocycles. The minimum absolute atomic E-state index is 0.453. The summed E-state index contributed by atoms with van der Waals surface area (Å²) in [5.41, 5.74) is 4.68. The van der Waals surface area contributed by atoms with Crippen LogP contribution in [0.15, 0.2) is 36.4 Å². The molecule has 0 atom stereocenters. The second-order valence-corrected chi connectivity index (χ2v) is 7.43. The highest BCUT2D eigenvalue weighted by atomic mass is 32.2.